The van der Waals surface area contributed by atoms with Gasteiger partial charge in [-0.05, 0) is 12.5 Å². The Morgan fingerprint density at radius 2 is 2.03 bits per heavy atom. The Morgan fingerprint density at radius 3 is 2.78 bits per heavy atom. The van der Waals surface area contributed by atoms with E-state index in [4.69, 9.17) is 14.2 Å². The fraction of sp³-hybridized carbons (Fsp3) is 0.500. The molecule has 0 fully saturated rings. The summed E-state index contributed by atoms with van der Waals surface area (Å²) in [5.74, 6) is 0.670. The molecule has 0 saturated carbocycles. The SMILES string of the molecule is CCc1cc2c(N3CCn4cnnc4C3)nc(OCC(COC(C)=O)OC(C)=O)nc2s1. The Bertz CT molecular complexity index is 1130. The maximum absolute atomic E-state index is 11.4. The van der Waals surface area contributed by atoms with Crippen molar-refractivity contribution in [2.75, 3.05) is 24.7 Å². The summed E-state index contributed by atoms with van der Waals surface area (Å²) in [7, 11) is 0. The van der Waals surface area contributed by atoms with Gasteiger partial charge in [0, 0.05) is 31.8 Å². The van der Waals surface area contributed by atoms with Gasteiger partial charge in [0.15, 0.2) is 11.9 Å². The van der Waals surface area contributed by atoms with E-state index < -0.39 is 18.0 Å². The van der Waals surface area contributed by atoms with Gasteiger partial charge in [0.25, 0.3) is 0 Å². The van der Waals surface area contributed by atoms with Crippen molar-refractivity contribution in [2.24, 2.45) is 0 Å². The number of hydrogen-bond donors (Lipinski definition) is 0. The van der Waals surface area contributed by atoms with E-state index in [9.17, 15) is 9.59 Å². The number of esters is 2. The lowest BCUT2D eigenvalue weighted by Crippen LogP contribution is -2.34. The summed E-state index contributed by atoms with van der Waals surface area (Å²) in [5, 5.41) is 9.13. The molecule has 4 heterocycles. The quantitative estimate of drug-likeness (QED) is 0.459. The number of thiophene rings is 1. The lowest BCUT2D eigenvalue weighted by Gasteiger charge is -2.28. The van der Waals surface area contributed by atoms with Crippen LogP contribution in [0.1, 0.15) is 31.5 Å². The van der Waals surface area contributed by atoms with E-state index >= 15 is 0 Å². The van der Waals surface area contributed by atoms with Crippen molar-refractivity contribution in [3.8, 4) is 6.01 Å². The molecule has 0 saturated heterocycles. The third-order valence-corrected chi connectivity index (χ3v) is 6.07. The van der Waals surface area contributed by atoms with E-state index in [0.717, 1.165) is 41.4 Å². The van der Waals surface area contributed by atoms with E-state index in [-0.39, 0.29) is 19.2 Å². The van der Waals surface area contributed by atoms with Crippen molar-refractivity contribution in [3.63, 3.8) is 0 Å². The van der Waals surface area contributed by atoms with Crippen LogP contribution in [0.3, 0.4) is 0 Å². The zero-order chi connectivity index (χ0) is 22.7. The van der Waals surface area contributed by atoms with Crippen molar-refractivity contribution in [3.05, 3.63) is 23.1 Å². The maximum atomic E-state index is 11.4. The molecule has 0 aliphatic carbocycles. The molecule has 1 aliphatic heterocycles. The Labute approximate surface area is 188 Å². The van der Waals surface area contributed by atoms with Crippen LogP contribution in [-0.4, -0.2) is 62.5 Å². The van der Waals surface area contributed by atoms with Crippen molar-refractivity contribution >= 4 is 39.3 Å². The normalized spacial score (nSPS) is 14.2. The van der Waals surface area contributed by atoms with Crippen molar-refractivity contribution in [1.82, 2.24) is 24.7 Å². The Kier molecular flexibility index (Phi) is 6.49. The van der Waals surface area contributed by atoms with Gasteiger partial charge in [0.05, 0.1) is 11.9 Å². The standard InChI is InChI=1S/C20H24N6O5S/c1-4-15-7-16-18(25-5-6-26-11-21-24-17(26)8-25)22-20(23-19(16)32-15)30-10-14(31-13(3)28)9-29-12(2)27/h7,11,14H,4-6,8-10H2,1-3H3. The number of ether oxygens (including phenoxy) is 3. The molecule has 32 heavy (non-hydrogen) atoms. The molecule has 170 valence electrons. The highest BCUT2D eigenvalue weighted by atomic mass is 32.1. The third-order valence-electron chi connectivity index (χ3n) is 4.89. The molecular formula is C20H24N6O5S. The summed E-state index contributed by atoms with van der Waals surface area (Å²) >= 11 is 1.59. The Hall–Kier alpha value is -3.28. The first kappa shape index (κ1) is 21.9. The molecule has 0 spiro atoms. The molecule has 0 radical (unpaired) electrons. The van der Waals surface area contributed by atoms with Gasteiger partial charge in [-0.3, -0.25) is 9.59 Å². The van der Waals surface area contributed by atoms with Crippen molar-refractivity contribution < 1.29 is 23.8 Å². The minimum Gasteiger partial charge on any atom is -0.462 e. The number of carbonyl (C=O) groups is 2. The fourth-order valence-corrected chi connectivity index (χ4v) is 4.35. The van der Waals surface area contributed by atoms with E-state index in [1.54, 1.807) is 17.7 Å². The smallest absolute Gasteiger partial charge is 0.319 e. The fourth-order valence-electron chi connectivity index (χ4n) is 3.39. The molecule has 0 N–H and O–H groups in total. The predicted molar refractivity (Wildman–Crippen MR) is 116 cm³/mol. The molecule has 1 atom stereocenters. The number of carbonyl (C=O) groups excluding carboxylic acids is 2. The molecule has 11 nitrogen and oxygen atoms in total. The number of aromatic nitrogens is 5. The number of nitrogens with zero attached hydrogens (tertiary/aromatic N) is 6. The highest BCUT2D eigenvalue weighted by Gasteiger charge is 2.24. The lowest BCUT2D eigenvalue weighted by atomic mass is 10.2. The van der Waals surface area contributed by atoms with E-state index in [2.05, 4.69) is 38.1 Å². The summed E-state index contributed by atoms with van der Waals surface area (Å²) < 4.78 is 18.0. The number of rotatable bonds is 8. The Morgan fingerprint density at radius 1 is 1.19 bits per heavy atom. The first-order chi connectivity index (χ1) is 15.4. The van der Waals surface area contributed by atoms with Crippen LogP contribution >= 0.6 is 11.3 Å². The van der Waals surface area contributed by atoms with Gasteiger partial charge in [-0.2, -0.15) is 9.97 Å². The van der Waals surface area contributed by atoms with Crippen molar-refractivity contribution in [1.29, 1.82) is 0 Å². The topological polar surface area (TPSA) is 122 Å². The molecule has 4 rings (SSSR count). The molecule has 12 heteroatoms. The molecular weight excluding hydrogens is 436 g/mol. The van der Waals surface area contributed by atoms with Crippen LogP contribution in [0.2, 0.25) is 0 Å². The van der Waals surface area contributed by atoms with Crippen LogP contribution in [0.25, 0.3) is 10.2 Å². The second kappa shape index (κ2) is 9.47. The van der Waals surface area contributed by atoms with Gasteiger partial charge in [0.2, 0.25) is 0 Å². The van der Waals surface area contributed by atoms with Crippen LogP contribution < -0.4 is 9.64 Å². The summed E-state index contributed by atoms with van der Waals surface area (Å²) in [6.07, 6.45) is 1.86. The van der Waals surface area contributed by atoms with Gasteiger partial charge < -0.3 is 23.7 Å². The second-order valence-corrected chi connectivity index (χ2v) is 8.44. The minimum atomic E-state index is -0.762. The molecule has 3 aromatic heterocycles. The highest BCUT2D eigenvalue weighted by molar-refractivity contribution is 7.18. The van der Waals surface area contributed by atoms with Crippen LogP contribution in [0.4, 0.5) is 5.82 Å². The van der Waals surface area contributed by atoms with E-state index in [1.807, 2.05) is 4.57 Å². The zero-order valence-electron chi connectivity index (χ0n) is 18.1. The molecule has 0 amide bonds. The zero-order valence-corrected chi connectivity index (χ0v) is 18.9. The number of hydrogen-bond acceptors (Lipinski definition) is 11. The van der Waals surface area contributed by atoms with E-state index in [1.165, 1.54) is 18.7 Å². The summed E-state index contributed by atoms with van der Waals surface area (Å²) in [5.41, 5.74) is 0. The van der Waals surface area contributed by atoms with Gasteiger partial charge >= 0.3 is 17.9 Å². The highest BCUT2D eigenvalue weighted by Crippen LogP contribution is 2.34. The number of fused-ring (bicyclic) bond motifs is 2. The predicted octanol–water partition coefficient (Wildman–Crippen LogP) is 1.74. The first-order valence-electron chi connectivity index (χ1n) is 10.3. The van der Waals surface area contributed by atoms with Crippen LogP contribution in [0.5, 0.6) is 6.01 Å². The molecule has 1 aliphatic rings. The van der Waals surface area contributed by atoms with Gasteiger partial charge in [-0.25, -0.2) is 0 Å². The van der Waals surface area contributed by atoms with Crippen LogP contribution in [0.15, 0.2) is 12.4 Å². The lowest BCUT2D eigenvalue weighted by molar-refractivity contribution is -0.158. The number of aryl methyl sites for hydroxylation is 1. The van der Waals surface area contributed by atoms with Crippen LogP contribution in [-0.2, 0) is 38.6 Å². The van der Waals surface area contributed by atoms with E-state index in [0.29, 0.717) is 6.54 Å². The molecule has 0 aromatic carbocycles. The second-order valence-electron chi connectivity index (χ2n) is 7.32. The maximum Gasteiger partial charge on any atom is 0.319 e. The van der Waals surface area contributed by atoms with Crippen LogP contribution in [0, 0.1) is 0 Å². The minimum absolute atomic E-state index is 0.0435. The summed E-state index contributed by atoms with van der Waals surface area (Å²) in [4.78, 5) is 35.9. The largest absolute Gasteiger partial charge is 0.462 e. The van der Waals surface area contributed by atoms with Gasteiger partial charge in [-0.15, -0.1) is 21.5 Å². The summed E-state index contributed by atoms with van der Waals surface area (Å²) in [6, 6.07) is 2.28. The average molecular weight is 461 g/mol. The Balaban J connectivity index is 1.59. The van der Waals surface area contributed by atoms with Gasteiger partial charge in [-0.1, -0.05) is 6.92 Å². The van der Waals surface area contributed by atoms with Crippen molar-refractivity contribution in [2.45, 2.75) is 46.4 Å². The number of anilines is 1. The molecule has 3 aromatic rings. The molecule has 1 unspecified atom stereocenters. The first-order valence-corrected chi connectivity index (χ1v) is 11.1. The molecule has 0 bridgehead atoms. The summed E-state index contributed by atoms with van der Waals surface area (Å²) in [6.45, 7) is 6.60. The monoisotopic (exact) mass is 460 g/mol. The average Bonchev–Trinajstić information content (AvgIpc) is 3.40. The third kappa shape index (κ3) is 4.96. The van der Waals surface area contributed by atoms with Gasteiger partial charge in [0.1, 0.15) is 30.2 Å².